The monoisotopic (exact) mass is 897 g/mol. The summed E-state index contributed by atoms with van der Waals surface area (Å²) in [4.78, 5) is 25.5. The summed E-state index contributed by atoms with van der Waals surface area (Å²) in [5, 5.41) is 32.1. The number of rotatable bonds is 47. The Hall–Kier alpha value is -1.26. The number of unbranched alkanes of at least 4 members (excludes halogenated alkanes) is 35. The van der Waals surface area contributed by atoms with Crippen molar-refractivity contribution in [2.24, 2.45) is 0 Å². The van der Waals surface area contributed by atoms with Crippen molar-refractivity contribution in [3.63, 3.8) is 0 Å². The summed E-state index contributed by atoms with van der Waals surface area (Å²) in [7, 11) is 0. The summed E-state index contributed by atoms with van der Waals surface area (Å²) in [5.41, 5.74) is 0. The van der Waals surface area contributed by atoms with Gasteiger partial charge >= 0.3 is 11.9 Å². The Balaban J connectivity index is 2.48. The van der Waals surface area contributed by atoms with Gasteiger partial charge in [-0.2, -0.15) is 0 Å². The van der Waals surface area contributed by atoms with Gasteiger partial charge in [0.2, 0.25) is 0 Å². The van der Waals surface area contributed by atoms with Crippen molar-refractivity contribution in [1.29, 1.82) is 0 Å². The molecule has 1 rings (SSSR count). The van der Waals surface area contributed by atoms with E-state index < -0.39 is 36.8 Å². The second kappa shape index (κ2) is 44.6. The molecule has 0 saturated carbocycles. The van der Waals surface area contributed by atoms with Gasteiger partial charge in [-0.05, 0) is 25.7 Å². The molecule has 63 heavy (non-hydrogen) atoms. The Labute approximate surface area is 388 Å². The fraction of sp³-hybridized carbons (Fsp3) is 0.963. The van der Waals surface area contributed by atoms with E-state index in [-0.39, 0.29) is 31.6 Å². The van der Waals surface area contributed by atoms with Crippen LogP contribution < -0.4 is 0 Å². The highest BCUT2D eigenvalue weighted by Crippen LogP contribution is 2.24. The topological polar surface area (TPSA) is 132 Å². The predicted molar refractivity (Wildman–Crippen MR) is 260 cm³/mol. The van der Waals surface area contributed by atoms with Gasteiger partial charge in [-0.25, -0.2) is 0 Å². The van der Waals surface area contributed by atoms with Crippen LogP contribution in [0, 0.1) is 0 Å². The Kier molecular flexibility index (Phi) is 42.3. The van der Waals surface area contributed by atoms with Crippen LogP contribution in [0.2, 0.25) is 0 Å². The minimum absolute atomic E-state index is 0.00135. The van der Waals surface area contributed by atoms with Crippen LogP contribution in [-0.2, 0) is 28.5 Å². The van der Waals surface area contributed by atoms with Gasteiger partial charge in [0, 0.05) is 12.8 Å². The van der Waals surface area contributed by atoms with E-state index >= 15 is 0 Å². The van der Waals surface area contributed by atoms with Gasteiger partial charge in [0.1, 0.15) is 37.1 Å². The lowest BCUT2D eigenvalue weighted by molar-refractivity contribution is -0.305. The molecule has 0 spiro atoms. The first kappa shape index (κ1) is 59.8. The molecule has 0 aliphatic carbocycles. The second-order valence-corrected chi connectivity index (χ2v) is 19.3. The van der Waals surface area contributed by atoms with Crippen LogP contribution in [0.3, 0.4) is 0 Å². The highest BCUT2D eigenvalue weighted by molar-refractivity contribution is 5.69. The zero-order valence-electron chi connectivity index (χ0n) is 41.7. The number of hydrogen-bond donors (Lipinski definition) is 3. The molecule has 1 saturated heterocycles. The lowest BCUT2D eigenvalue weighted by Crippen LogP contribution is -2.59. The van der Waals surface area contributed by atoms with Gasteiger partial charge in [-0.3, -0.25) is 9.59 Å². The van der Waals surface area contributed by atoms with Crippen LogP contribution in [0.4, 0.5) is 0 Å². The molecular weight excluding hydrogens is 793 g/mol. The van der Waals surface area contributed by atoms with E-state index in [1.165, 1.54) is 186 Å². The van der Waals surface area contributed by atoms with Crippen molar-refractivity contribution in [1.82, 2.24) is 0 Å². The molecule has 0 radical (unpaired) electrons. The molecule has 0 amide bonds. The highest BCUT2D eigenvalue weighted by Gasteiger charge is 2.45. The van der Waals surface area contributed by atoms with Crippen molar-refractivity contribution >= 4 is 11.9 Å². The maximum atomic E-state index is 13.0. The predicted octanol–water partition coefficient (Wildman–Crippen LogP) is 14.3. The third-order valence-corrected chi connectivity index (χ3v) is 13.2. The van der Waals surface area contributed by atoms with Gasteiger partial charge in [-0.1, -0.05) is 245 Å². The maximum Gasteiger partial charge on any atom is 0.306 e. The summed E-state index contributed by atoms with van der Waals surface area (Å²) >= 11 is 0. The number of aliphatic hydroxyl groups is 3. The molecule has 9 nitrogen and oxygen atoms in total. The summed E-state index contributed by atoms with van der Waals surface area (Å²) in [6.07, 6.45) is 41.0. The molecule has 3 N–H and O–H groups in total. The molecule has 0 aromatic rings. The second-order valence-electron chi connectivity index (χ2n) is 19.3. The molecule has 374 valence electrons. The zero-order chi connectivity index (χ0) is 45.9. The number of carbonyl (C=O) groups is 2. The third kappa shape index (κ3) is 35.6. The van der Waals surface area contributed by atoms with E-state index in [1.807, 2.05) is 0 Å². The number of ether oxygens (including phenoxy) is 4. The standard InChI is InChI=1S/C54H104O9/c1-4-7-10-13-16-19-22-23-24-25-26-29-30-33-36-39-42-47(62-50(56)44-41-38-35-32-28-21-18-15-12-9-6-3)45-61-54-53(59)52(58)51(57)48(63-54)46-60-49(55)43-40-37-34-31-27-20-17-14-11-8-5-2/h47-48,51-54,57-59H,4-46H2,1-3H3/t47?,48?,51-,52?,53+,54+/m1/s1. The number of carbonyl (C=O) groups excluding carboxylic acids is 2. The molecule has 1 fully saturated rings. The largest absolute Gasteiger partial charge is 0.463 e. The van der Waals surface area contributed by atoms with Crippen LogP contribution in [0.1, 0.15) is 284 Å². The summed E-state index contributed by atoms with van der Waals surface area (Å²) in [5.74, 6) is -0.609. The first-order valence-electron chi connectivity index (χ1n) is 27.5. The van der Waals surface area contributed by atoms with Gasteiger partial charge in [0.15, 0.2) is 6.29 Å². The Bertz CT molecular complexity index is 994. The lowest BCUT2D eigenvalue weighted by atomic mass is 9.99. The minimum Gasteiger partial charge on any atom is -0.463 e. The maximum absolute atomic E-state index is 13.0. The molecule has 3 unspecified atom stereocenters. The Morgan fingerprint density at radius 1 is 0.429 bits per heavy atom. The normalized spacial score (nSPS) is 19.4. The first-order chi connectivity index (χ1) is 30.8. The molecular formula is C54H104O9. The summed E-state index contributed by atoms with van der Waals surface area (Å²) in [6.45, 7) is 6.51. The van der Waals surface area contributed by atoms with Crippen molar-refractivity contribution in [3.8, 4) is 0 Å². The fourth-order valence-electron chi connectivity index (χ4n) is 8.85. The highest BCUT2D eigenvalue weighted by atomic mass is 16.7. The molecule has 6 atom stereocenters. The van der Waals surface area contributed by atoms with Crippen LogP contribution >= 0.6 is 0 Å². The average Bonchev–Trinajstić information content (AvgIpc) is 3.28. The number of aliphatic hydroxyl groups excluding tert-OH is 3. The molecule has 0 bridgehead atoms. The Morgan fingerprint density at radius 2 is 0.762 bits per heavy atom. The van der Waals surface area contributed by atoms with Crippen molar-refractivity contribution in [3.05, 3.63) is 0 Å². The SMILES string of the molecule is CCCCCCCCCCCCCCCCCCC(CO[C@H]1OC(COC(=O)CCCCCCCCCCCCC)[C@@H](O)C(O)[C@@H]1O)OC(=O)CCCCCCCCCCCCC. The van der Waals surface area contributed by atoms with E-state index in [4.69, 9.17) is 18.9 Å². The van der Waals surface area contributed by atoms with E-state index in [0.717, 1.165) is 57.8 Å². The van der Waals surface area contributed by atoms with Gasteiger partial charge < -0.3 is 34.3 Å². The first-order valence-corrected chi connectivity index (χ1v) is 27.5. The van der Waals surface area contributed by atoms with E-state index in [0.29, 0.717) is 12.8 Å². The van der Waals surface area contributed by atoms with Crippen LogP contribution in [-0.4, -0.2) is 77.3 Å². The molecule has 9 heteroatoms. The number of hydrogen-bond acceptors (Lipinski definition) is 9. The minimum atomic E-state index is -1.54. The summed E-state index contributed by atoms with van der Waals surface area (Å²) in [6, 6.07) is 0. The lowest BCUT2D eigenvalue weighted by Gasteiger charge is -2.40. The van der Waals surface area contributed by atoms with Gasteiger partial charge in [0.25, 0.3) is 0 Å². The van der Waals surface area contributed by atoms with Crippen LogP contribution in [0.25, 0.3) is 0 Å². The smallest absolute Gasteiger partial charge is 0.306 e. The van der Waals surface area contributed by atoms with E-state index in [2.05, 4.69) is 20.8 Å². The Morgan fingerprint density at radius 3 is 1.14 bits per heavy atom. The van der Waals surface area contributed by atoms with E-state index in [1.54, 1.807) is 0 Å². The van der Waals surface area contributed by atoms with Gasteiger partial charge in [0.05, 0.1) is 6.61 Å². The van der Waals surface area contributed by atoms with Crippen molar-refractivity contribution in [2.75, 3.05) is 13.2 Å². The third-order valence-electron chi connectivity index (χ3n) is 13.2. The quantitative estimate of drug-likeness (QED) is 0.0403. The molecule has 1 aliphatic rings. The van der Waals surface area contributed by atoms with Crippen LogP contribution in [0.5, 0.6) is 0 Å². The van der Waals surface area contributed by atoms with Crippen molar-refractivity contribution in [2.45, 2.75) is 321 Å². The molecule has 0 aromatic carbocycles. The molecule has 1 heterocycles. The van der Waals surface area contributed by atoms with Crippen LogP contribution in [0.15, 0.2) is 0 Å². The summed E-state index contributed by atoms with van der Waals surface area (Å²) < 4.78 is 23.3. The molecule has 1 aliphatic heterocycles. The average molecular weight is 897 g/mol. The molecule has 0 aromatic heterocycles. The zero-order valence-corrected chi connectivity index (χ0v) is 41.7. The van der Waals surface area contributed by atoms with Crippen molar-refractivity contribution < 1.29 is 43.9 Å². The van der Waals surface area contributed by atoms with Gasteiger partial charge in [-0.15, -0.1) is 0 Å². The fourth-order valence-corrected chi connectivity index (χ4v) is 8.85. The van der Waals surface area contributed by atoms with E-state index in [9.17, 15) is 24.9 Å². The number of esters is 2.